The number of hydrogen-bond acceptors (Lipinski definition) is 3. The summed E-state index contributed by atoms with van der Waals surface area (Å²) in [7, 11) is 4.28. The lowest BCUT2D eigenvalue weighted by molar-refractivity contribution is 0.0539. The molecule has 1 aliphatic rings. The highest BCUT2D eigenvalue weighted by Gasteiger charge is 2.28. The summed E-state index contributed by atoms with van der Waals surface area (Å²) in [6.07, 6.45) is 4.34. The fourth-order valence-corrected chi connectivity index (χ4v) is 2.40. The van der Waals surface area contributed by atoms with Crippen LogP contribution >= 0.6 is 0 Å². The van der Waals surface area contributed by atoms with E-state index >= 15 is 0 Å². The Bertz CT molecular complexity index is 173. The normalized spacial score (nSPS) is 26.8. The van der Waals surface area contributed by atoms with E-state index in [2.05, 4.69) is 38.2 Å². The molecule has 1 fully saturated rings. The van der Waals surface area contributed by atoms with Crippen molar-refractivity contribution in [3.8, 4) is 0 Å². The van der Waals surface area contributed by atoms with E-state index < -0.39 is 0 Å². The molecule has 3 nitrogen and oxygen atoms in total. The molecule has 1 aliphatic carbocycles. The van der Waals surface area contributed by atoms with E-state index in [1.165, 1.54) is 19.3 Å². The van der Waals surface area contributed by atoms with Crippen LogP contribution in [0.3, 0.4) is 0 Å². The van der Waals surface area contributed by atoms with Crippen molar-refractivity contribution in [3.63, 3.8) is 0 Å². The molecule has 0 radical (unpaired) electrons. The highest BCUT2D eigenvalue weighted by atomic mass is 16.5. The van der Waals surface area contributed by atoms with Gasteiger partial charge in [0, 0.05) is 18.6 Å². The first-order valence-corrected chi connectivity index (χ1v) is 6.14. The van der Waals surface area contributed by atoms with Gasteiger partial charge in [-0.05, 0) is 40.8 Å². The third-order valence-corrected chi connectivity index (χ3v) is 3.31. The predicted octanol–water partition coefficient (Wildman–Crippen LogP) is 1.48. The van der Waals surface area contributed by atoms with Crippen molar-refractivity contribution in [2.24, 2.45) is 0 Å². The van der Waals surface area contributed by atoms with Gasteiger partial charge >= 0.3 is 0 Å². The second kappa shape index (κ2) is 6.46. The number of nitrogens with zero attached hydrogens (tertiary/aromatic N) is 1. The lowest BCUT2D eigenvalue weighted by Gasteiger charge is -2.29. The summed E-state index contributed by atoms with van der Waals surface area (Å²) < 4.78 is 5.58. The van der Waals surface area contributed by atoms with Gasteiger partial charge in [0.25, 0.3) is 0 Å². The molecule has 3 heteroatoms. The van der Waals surface area contributed by atoms with Crippen molar-refractivity contribution in [2.75, 3.05) is 27.2 Å². The Morgan fingerprint density at radius 3 is 2.73 bits per heavy atom. The first kappa shape index (κ1) is 12.9. The summed E-state index contributed by atoms with van der Waals surface area (Å²) in [4.78, 5) is 2.44. The summed E-state index contributed by atoms with van der Waals surface area (Å²) in [5, 5.41) is 3.41. The van der Waals surface area contributed by atoms with Gasteiger partial charge in [0.15, 0.2) is 0 Å². The first-order chi connectivity index (χ1) is 7.15. The topological polar surface area (TPSA) is 24.5 Å². The van der Waals surface area contributed by atoms with Gasteiger partial charge in [0.05, 0.1) is 12.7 Å². The van der Waals surface area contributed by atoms with Crippen molar-refractivity contribution in [1.82, 2.24) is 10.2 Å². The first-order valence-electron chi connectivity index (χ1n) is 6.14. The molecule has 2 unspecified atom stereocenters. The van der Waals surface area contributed by atoms with Gasteiger partial charge in [0.1, 0.15) is 0 Å². The second-order valence-corrected chi connectivity index (χ2v) is 4.79. The summed E-state index contributed by atoms with van der Waals surface area (Å²) in [5.74, 6) is 0. The third kappa shape index (κ3) is 4.09. The molecule has 90 valence electrons. The molecule has 1 saturated carbocycles. The molecule has 0 heterocycles. The Morgan fingerprint density at radius 1 is 1.40 bits per heavy atom. The zero-order chi connectivity index (χ0) is 11.3. The number of hydrogen-bond donors (Lipinski definition) is 1. The number of ether oxygens (including phenoxy) is 1. The highest BCUT2D eigenvalue weighted by Crippen LogP contribution is 2.22. The van der Waals surface area contributed by atoms with Crippen molar-refractivity contribution in [2.45, 2.75) is 51.3 Å². The minimum absolute atomic E-state index is 0.349. The predicted molar refractivity (Wildman–Crippen MR) is 64.2 cm³/mol. The fourth-order valence-electron chi connectivity index (χ4n) is 2.40. The van der Waals surface area contributed by atoms with E-state index in [9.17, 15) is 0 Å². The van der Waals surface area contributed by atoms with Crippen molar-refractivity contribution in [3.05, 3.63) is 0 Å². The zero-order valence-electron chi connectivity index (χ0n) is 10.6. The Morgan fingerprint density at radius 2 is 2.13 bits per heavy atom. The zero-order valence-corrected chi connectivity index (χ0v) is 10.6. The molecule has 1 N–H and O–H groups in total. The number of rotatable bonds is 6. The minimum atomic E-state index is 0.349. The van der Waals surface area contributed by atoms with Gasteiger partial charge < -0.3 is 10.1 Å². The molecular formula is C12H26N2O. The van der Waals surface area contributed by atoms with Crippen LogP contribution in [0.2, 0.25) is 0 Å². The van der Waals surface area contributed by atoms with Crippen LogP contribution in [0.5, 0.6) is 0 Å². The maximum absolute atomic E-state index is 5.58. The summed E-state index contributed by atoms with van der Waals surface area (Å²) >= 11 is 0. The van der Waals surface area contributed by atoms with Crippen LogP contribution in [0, 0.1) is 0 Å². The molecule has 0 spiro atoms. The molecular weight excluding hydrogens is 188 g/mol. The molecule has 0 aromatic rings. The standard InChI is InChI=1S/C12H26N2O/c1-10(2)15-9-8-14(4)12-7-5-6-11(12)13-3/h10-13H,5-9H2,1-4H3. The van der Waals surface area contributed by atoms with Gasteiger partial charge in [-0.15, -0.1) is 0 Å². The monoisotopic (exact) mass is 214 g/mol. The third-order valence-electron chi connectivity index (χ3n) is 3.31. The fraction of sp³-hybridized carbons (Fsp3) is 1.00. The molecule has 0 aromatic heterocycles. The van der Waals surface area contributed by atoms with Gasteiger partial charge in [-0.1, -0.05) is 6.42 Å². The molecule has 0 amide bonds. The molecule has 0 aromatic carbocycles. The van der Waals surface area contributed by atoms with Gasteiger partial charge in [0.2, 0.25) is 0 Å². The molecule has 0 bridgehead atoms. The average Bonchev–Trinajstić information content (AvgIpc) is 2.64. The van der Waals surface area contributed by atoms with Crippen LogP contribution in [-0.2, 0) is 4.74 Å². The van der Waals surface area contributed by atoms with Crippen LogP contribution < -0.4 is 5.32 Å². The Labute approximate surface area is 94.2 Å². The summed E-state index contributed by atoms with van der Waals surface area (Å²) in [5.41, 5.74) is 0. The smallest absolute Gasteiger partial charge is 0.0596 e. The van der Waals surface area contributed by atoms with Crippen molar-refractivity contribution >= 4 is 0 Å². The molecule has 1 rings (SSSR count). The Hall–Kier alpha value is -0.120. The van der Waals surface area contributed by atoms with E-state index in [1.54, 1.807) is 0 Å². The lowest BCUT2D eigenvalue weighted by atomic mass is 10.1. The summed E-state index contributed by atoms with van der Waals surface area (Å²) in [6.45, 7) is 6.07. The van der Waals surface area contributed by atoms with Crippen molar-refractivity contribution in [1.29, 1.82) is 0 Å². The van der Waals surface area contributed by atoms with Crippen LogP contribution in [0.15, 0.2) is 0 Å². The maximum atomic E-state index is 5.58. The minimum Gasteiger partial charge on any atom is -0.377 e. The SMILES string of the molecule is CNC1CCCC1N(C)CCOC(C)C. The molecule has 0 aliphatic heterocycles. The average molecular weight is 214 g/mol. The van der Waals surface area contributed by atoms with E-state index in [-0.39, 0.29) is 0 Å². The molecule has 15 heavy (non-hydrogen) atoms. The van der Waals surface area contributed by atoms with E-state index in [1.807, 2.05) is 0 Å². The largest absolute Gasteiger partial charge is 0.377 e. The van der Waals surface area contributed by atoms with E-state index in [0.29, 0.717) is 18.2 Å². The van der Waals surface area contributed by atoms with Crippen LogP contribution in [0.25, 0.3) is 0 Å². The number of nitrogens with one attached hydrogen (secondary N) is 1. The van der Waals surface area contributed by atoms with Crippen molar-refractivity contribution < 1.29 is 4.74 Å². The van der Waals surface area contributed by atoms with E-state index in [4.69, 9.17) is 4.74 Å². The maximum Gasteiger partial charge on any atom is 0.0596 e. The van der Waals surface area contributed by atoms with Gasteiger partial charge in [-0.2, -0.15) is 0 Å². The van der Waals surface area contributed by atoms with Crippen LogP contribution in [0.4, 0.5) is 0 Å². The lowest BCUT2D eigenvalue weighted by Crippen LogP contribution is -2.45. The van der Waals surface area contributed by atoms with Gasteiger partial charge in [-0.3, -0.25) is 4.90 Å². The number of likely N-dealkylation sites (N-methyl/N-ethyl adjacent to an activating group) is 2. The Balaban J connectivity index is 2.23. The van der Waals surface area contributed by atoms with E-state index in [0.717, 1.165) is 13.2 Å². The highest BCUT2D eigenvalue weighted by molar-refractivity contribution is 4.88. The quantitative estimate of drug-likeness (QED) is 0.725. The van der Waals surface area contributed by atoms with Gasteiger partial charge in [-0.25, -0.2) is 0 Å². The van der Waals surface area contributed by atoms with Crippen LogP contribution in [-0.4, -0.2) is 50.3 Å². The Kier molecular flexibility index (Phi) is 5.58. The summed E-state index contributed by atoms with van der Waals surface area (Å²) in [6, 6.07) is 1.37. The molecule has 0 saturated heterocycles. The molecule has 2 atom stereocenters. The van der Waals surface area contributed by atoms with Crippen LogP contribution in [0.1, 0.15) is 33.1 Å². The second-order valence-electron chi connectivity index (χ2n) is 4.79.